The predicted octanol–water partition coefficient (Wildman–Crippen LogP) is 4.25. The molecule has 138 valence electrons. The zero-order chi connectivity index (χ0) is 19.1. The van der Waals surface area contributed by atoms with E-state index in [4.69, 9.17) is 4.74 Å². The van der Waals surface area contributed by atoms with Gasteiger partial charge in [0.2, 0.25) is 0 Å². The molecule has 26 heavy (non-hydrogen) atoms. The average Bonchev–Trinajstić information content (AvgIpc) is 2.61. The van der Waals surface area contributed by atoms with Crippen LogP contribution in [0.2, 0.25) is 0 Å². The van der Waals surface area contributed by atoms with Gasteiger partial charge in [-0.1, -0.05) is 13.0 Å². The standard InChI is InChI=1S/C21H26N2O3/c1-5-15(4)26-19-11-9-16(10-12-19)20(24)23-18-8-6-7-17(13-18)21(25)22-14(2)3/h6-15H,5H2,1-4H3,(H,22,25)(H,23,24). The summed E-state index contributed by atoms with van der Waals surface area (Å²) in [6.45, 7) is 7.86. The maximum Gasteiger partial charge on any atom is 0.255 e. The highest BCUT2D eigenvalue weighted by molar-refractivity contribution is 6.05. The van der Waals surface area contributed by atoms with E-state index in [0.29, 0.717) is 16.8 Å². The van der Waals surface area contributed by atoms with E-state index in [1.807, 2.05) is 20.8 Å². The lowest BCUT2D eigenvalue weighted by Gasteiger charge is -2.13. The van der Waals surface area contributed by atoms with E-state index in [1.54, 1.807) is 48.5 Å². The third kappa shape index (κ3) is 5.62. The number of amides is 2. The molecule has 0 heterocycles. The molecule has 0 aliphatic carbocycles. The zero-order valence-electron chi connectivity index (χ0n) is 15.7. The maximum absolute atomic E-state index is 12.4. The van der Waals surface area contributed by atoms with E-state index in [2.05, 4.69) is 17.6 Å². The van der Waals surface area contributed by atoms with E-state index in [-0.39, 0.29) is 24.0 Å². The highest BCUT2D eigenvalue weighted by Crippen LogP contribution is 2.17. The van der Waals surface area contributed by atoms with E-state index in [9.17, 15) is 9.59 Å². The SMILES string of the molecule is CCC(C)Oc1ccc(C(=O)Nc2cccc(C(=O)NC(C)C)c2)cc1. The Balaban J connectivity index is 2.04. The first kappa shape index (κ1) is 19.5. The number of nitrogens with one attached hydrogen (secondary N) is 2. The van der Waals surface area contributed by atoms with Gasteiger partial charge in [0.15, 0.2) is 0 Å². The van der Waals surface area contributed by atoms with Crippen molar-refractivity contribution in [2.24, 2.45) is 0 Å². The van der Waals surface area contributed by atoms with Crippen LogP contribution in [-0.2, 0) is 0 Å². The summed E-state index contributed by atoms with van der Waals surface area (Å²) in [5.74, 6) is 0.340. The number of benzene rings is 2. The lowest BCUT2D eigenvalue weighted by atomic mass is 10.1. The highest BCUT2D eigenvalue weighted by atomic mass is 16.5. The summed E-state index contributed by atoms with van der Waals surface area (Å²) in [4.78, 5) is 24.5. The van der Waals surface area contributed by atoms with Crippen LogP contribution in [0.1, 0.15) is 54.8 Å². The minimum absolute atomic E-state index is 0.0527. The first-order chi connectivity index (χ1) is 12.4. The predicted molar refractivity (Wildman–Crippen MR) is 104 cm³/mol. The Morgan fingerprint density at radius 1 is 0.962 bits per heavy atom. The highest BCUT2D eigenvalue weighted by Gasteiger charge is 2.10. The average molecular weight is 354 g/mol. The number of carbonyl (C=O) groups is 2. The Bertz CT molecular complexity index is 754. The number of ether oxygens (including phenoxy) is 1. The van der Waals surface area contributed by atoms with Crippen molar-refractivity contribution in [3.8, 4) is 5.75 Å². The molecule has 0 saturated heterocycles. The molecule has 2 amide bonds. The van der Waals surface area contributed by atoms with Crippen molar-refractivity contribution < 1.29 is 14.3 Å². The molecule has 0 aromatic heterocycles. The third-order valence-electron chi connectivity index (χ3n) is 3.83. The molecule has 1 unspecified atom stereocenters. The van der Waals surface area contributed by atoms with Gasteiger partial charge in [-0.15, -0.1) is 0 Å². The molecule has 2 aromatic rings. The molecular formula is C21H26N2O3. The van der Waals surface area contributed by atoms with Gasteiger partial charge in [0.25, 0.3) is 11.8 Å². The minimum atomic E-state index is -0.235. The quantitative estimate of drug-likeness (QED) is 0.781. The van der Waals surface area contributed by atoms with Crippen molar-refractivity contribution in [2.45, 2.75) is 46.3 Å². The molecule has 2 aromatic carbocycles. The summed E-state index contributed by atoms with van der Waals surface area (Å²) in [6, 6.07) is 14.0. The van der Waals surface area contributed by atoms with Crippen LogP contribution < -0.4 is 15.4 Å². The summed E-state index contributed by atoms with van der Waals surface area (Å²) < 4.78 is 5.71. The van der Waals surface area contributed by atoms with Crippen molar-refractivity contribution in [2.75, 3.05) is 5.32 Å². The van der Waals surface area contributed by atoms with Crippen molar-refractivity contribution in [3.63, 3.8) is 0 Å². The molecule has 0 saturated carbocycles. The molecule has 5 heteroatoms. The van der Waals surface area contributed by atoms with Crippen LogP contribution in [0.25, 0.3) is 0 Å². The summed E-state index contributed by atoms with van der Waals surface area (Å²) in [5.41, 5.74) is 1.61. The van der Waals surface area contributed by atoms with Crippen LogP contribution in [-0.4, -0.2) is 24.0 Å². The van der Waals surface area contributed by atoms with Crippen LogP contribution in [0, 0.1) is 0 Å². The summed E-state index contributed by atoms with van der Waals surface area (Å²) in [5, 5.41) is 5.65. The molecule has 0 aliphatic rings. The number of rotatable bonds is 7. The van der Waals surface area contributed by atoms with Crippen LogP contribution in [0.4, 0.5) is 5.69 Å². The molecule has 0 spiro atoms. The fourth-order valence-electron chi connectivity index (χ4n) is 2.29. The lowest BCUT2D eigenvalue weighted by molar-refractivity contribution is 0.0941. The van der Waals surface area contributed by atoms with Gasteiger partial charge in [-0.05, 0) is 69.7 Å². The molecule has 2 rings (SSSR count). The second-order valence-electron chi connectivity index (χ2n) is 6.52. The second kappa shape index (κ2) is 9.04. The smallest absolute Gasteiger partial charge is 0.255 e. The first-order valence-electron chi connectivity index (χ1n) is 8.88. The number of hydrogen-bond acceptors (Lipinski definition) is 3. The van der Waals surface area contributed by atoms with Gasteiger partial charge in [0, 0.05) is 22.9 Å². The maximum atomic E-state index is 12.4. The Hall–Kier alpha value is -2.82. The molecule has 0 radical (unpaired) electrons. The molecule has 0 fully saturated rings. The molecular weight excluding hydrogens is 328 g/mol. The summed E-state index contributed by atoms with van der Waals surface area (Å²) >= 11 is 0. The van der Waals surface area contributed by atoms with E-state index < -0.39 is 0 Å². The van der Waals surface area contributed by atoms with Crippen molar-refractivity contribution in [1.29, 1.82) is 0 Å². The van der Waals surface area contributed by atoms with Gasteiger partial charge in [-0.25, -0.2) is 0 Å². The molecule has 2 N–H and O–H groups in total. The zero-order valence-corrected chi connectivity index (χ0v) is 15.7. The third-order valence-corrected chi connectivity index (χ3v) is 3.83. The number of carbonyl (C=O) groups excluding carboxylic acids is 2. The number of anilines is 1. The van der Waals surface area contributed by atoms with Gasteiger partial charge in [-0.2, -0.15) is 0 Å². The fourth-order valence-corrected chi connectivity index (χ4v) is 2.29. The van der Waals surface area contributed by atoms with Crippen molar-refractivity contribution in [1.82, 2.24) is 5.32 Å². The van der Waals surface area contributed by atoms with Gasteiger partial charge in [0.05, 0.1) is 6.10 Å². The van der Waals surface area contributed by atoms with Crippen LogP contribution in [0.5, 0.6) is 5.75 Å². The van der Waals surface area contributed by atoms with Gasteiger partial charge in [-0.3, -0.25) is 9.59 Å². The molecule has 5 nitrogen and oxygen atoms in total. The fraction of sp³-hybridized carbons (Fsp3) is 0.333. The molecule has 0 aliphatic heterocycles. The van der Waals surface area contributed by atoms with Gasteiger partial charge >= 0.3 is 0 Å². The van der Waals surface area contributed by atoms with Crippen molar-refractivity contribution >= 4 is 17.5 Å². The Labute approximate surface area is 154 Å². The normalized spacial score (nSPS) is 11.7. The van der Waals surface area contributed by atoms with Gasteiger partial charge < -0.3 is 15.4 Å². The summed E-state index contributed by atoms with van der Waals surface area (Å²) in [7, 11) is 0. The molecule has 0 bridgehead atoms. The van der Waals surface area contributed by atoms with E-state index >= 15 is 0 Å². The Morgan fingerprint density at radius 2 is 1.65 bits per heavy atom. The van der Waals surface area contributed by atoms with E-state index in [0.717, 1.165) is 12.2 Å². The van der Waals surface area contributed by atoms with Crippen LogP contribution in [0.15, 0.2) is 48.5 Å². The van der Waals surface area contributed by atoms with Crippen molar-refractivity contribution in [3.05, 3.63) is 59.7 Å². The largest absolute Gasteiger partial charge is 0.491 e. The minimum Gasteiger partial charge on any atom is -0.491 e. The second-order valence-corrected chi connectivity index (χ2v) is 6.52. The van der Waals surface area contributed by atoms with Crippen LogP contribution in [0.3, 0.4) is 0 Å². The first-order valence-corrected chi connectivity index (χ1v) is 8.88. The number of hydrogen-bond donors (Lipinski definition) is 2. The lowest BCUT2D eigenvalue weighted by Crippen LogP contribution is -2.30. The van der Waals surface area contributed by atoms with Gasteiger partial charge in [0.1, 0.15) is 5.75 Å². The Morgan fingerprint density at radius 3 is 2.27 bits per heavy atom. The monoisotopic (exact) mass is 354 g/mol. The van der Waals surface area contributed by atoms with E-state index in [1.165, 1.54) is 0 Å². The van der Waals surface area contributed by atoms with Crippen LogP contribution >= 0.6 is 0 Å². The molecule has 1 atom stereocenters. The Kier molecular flexibility index (Phi) is 6.78. The topological polar surface area (TPSA) is 67.4 Å². The summed E-state index contributed by atoms with van der Waals surface area (Å²) in [6.07, 6.45) is 1.05.